The first kappa shape index (κ1) is 14.4. The van der Waals surface area contributed by atoms with Crippen molar-refractivity contribution in [1.82, 2.24) is 10.2 Å². The van der Waals surface area contributed by atoms with Crippen molar-refractivity contribution in [2.45, 2.75) is 25.9 Å². The van der Waals surface area contributed by atoms with Crippen LogP contribution in [-0.4, -0.2) is 18.2 Å². The largest absolute Gasteiger partial charge is 0.651 e. The standard InChI is InChI=1S/C15H21N2OP/c1-13-7-6-12-19(18,16-13)17-14(2)10-11-15-8-4-3-5-9-15/h3-11,13-14H,12H2,1-2H3,(H2,16,17,18)/b11-10+/t13-,14-,19?/m0/s1. The van der Waals surface area contributed by atoms with E-state index in [9.17, 15) is 4.89 Å². The van der Waals surface area contributed by atoms with E-state index in [0.29, 0.717) is 6.16 Å². The summed E-state index contributed by atoms with van der Waals surface area (Å²) in [6.07, 6.45) is 8.69. The van der Waals surface area contributed by atoms with Crippen molar-refractivity contribution in [3.8, 4) is 0 Å². The number of rotatable bonds is 4. The first-order valence-corrected chi connectivity index (χ1v) is 8.51. The number of benzene rings is 1. The molecule has 1 aromatic carbocycles. The van der Waals surface area contributed by atoms with Gasteiger partial charge in [0.25, 0.3) is 0 Å². The lowest BCUT2D eigenvalue weighted by Gasteiger charge is -2.36. The fourth-order valence-corrected chi connectivity index (χ4v) is 4.31. The molecule has 2 rings (SSSR count). The van der Waals surface area contributed by atoms with Gasteiger partial charge in [0, 0.05) is 0 Å². The van der Waals surface area contributed by atoms with E-state index >= 15 is 0 Å². The van der Waals surface area contributed by atoms with E-state index in [0.717, 1.165) is 5.56 Å². The topological polar surface area (TPSA) is 47.1 Å². The van der Waals surface area contributed by atoms with Crippen molar-refractivity contribution in [3.63, 3.8) is 0 Å². The molecule has 0 spiro atoms. The fraction of sp³-hybridized carbons (Fsp3) is 0.333. The lowest BCUT2D eigenvalue weighted by atomic mass is 10.2. The minimum Gasteiger partial charge on any atom is -0.651 e. The number of hydrogen-bond donors (Lipinski definition) is 2. The summed E-state index contributed by atoms with van der Waals surface area (Å²) >= 11 is 0. The summed E-state index contributed by atoms with van der Waals surface area (Å²) in [5, 5.41) is 6.35. The van der Waals surface area contributed by atoms with Gasteiger partial charge in [-0.25, -0.2) is 0 Å². The highest BCUT2D eigenvalue weighted by Gasteiger charge is 2.29. The summed E-state index contributed by atoms with van der Waals surface area (Å²) in [4.78, 5) is 12.6. The molecular formula is C15H21N2OP. The van der Waals surface area contributed by atoms with Crippen LogP contribution in [0.15, 0.2) is 48.6 Å². The molecule has 0 saturated heterocycles. The Morgan fingerprint density at radius 1 is 1.42 bits per heavy atom. The summed E-state index contributed by atoms with van der Waals surface area (Å²) in [5.74, 6) is 0. The molecule has 1 unspecified atom stereocenters. The van der Waals surface area contributed by atoms with Gasteiger partial charge >= 0.3 is 0 Å². The summed E-state index contributed by atoms with van der Waals surface area (Å²) in [5.41, 5.74) is 1.15. The van der Waals surface area contributed by atoms with Gasteiger partial charge in [-0.2, -0.15) is 10.2 Å². The second-order valence-corrected chi connectivity index (χ2v) is 7.32. The third-order valence-electron chi connectivity index (χ3n) is 2.99. The van der Waals surface area contributed by atoms with Crippen molar-refractivity contribution >= 4 is 13.9 Å². The van der Waals surface area contributed by atoms with Gasteiger partial charge in [0.05, 0.1) is 12.1 Å². The Kier molecular flexibility index (Phi) is 4.89. The van der Waals surface area contributed by atoms with E-state index in [1.54, 1.807) is 0 Å². The fourth-order valence-electron chi connectivity index (χ4n) is 2.12. The van der Waals surface area contributed by atoms with Crippen molar-refractivity contribution < 1.29 is 4.89 Å². The van der Waals surface area contributed by atoms with Gasteiger partial charge in [-0.1, -0.05) is 48.6 Å². The lowest BCUT2D eigenvalue weighted by molar-refractivity contribution is -0.176. The van der Waals surface area contributed by atoms with Crippen LogP contribution in [0.1, 0.15) is 19.4 Å². The molecule has 0 radical (unpaired) electrons. The van der Waals surface area contributed by atoms with E-state index in [4.69, 9.17) is 0 Å². The second-order valence-electron chi connectivity index (χ2n) is 4.96. The van der Waals surface area contributed by atoms with E-state index in [2.05, 4.69) is 22.3 Å². The first-order valence-electron chi connectivity index (χ1n) is 6.62. The zero-order chi connectivity index (χ0) is 13.7. The smallest absolute Gasteiger partial charge is 0.105 e. The zero-order valence-electron chi connectivity index (χ0n) is 11.4. The third-order valence-corrected chi connectivity index (χ3v) is 5.36. The Morgan fingerprint density at radius 3 is 2.84 bits per heavy atom. The summed E-state index contributed by atoms with van der Waals surface area (Å²) in [6.45, 7) is 4.03. The SMILES string of the molecule is C[C@H]1C=CC[P+]([O-])(N[C@@H](C)/C=C/c2ccccc2)N1. The average Bonchev–Trinajstić information content (AvgIpc) is 2.37. The minimum atomic E-state index is -2.49. The molecule has 2 N–H and O–H groups in total. The van der Waals surface area contributed by atoms with E-state index in [1.807, 2.05) is 56.4 Å². The molecule has 0 saturated carbocycles. The Morgan fingerprint density at radius 2 is 2.16 bits per heavy atom. The van der Waals surface area contributed by atoms with Crippen LogP contribution in [0.25, 0.3) is 6.08 Å². The molecule has 1 aromatic rings. The molecule has 0 fully saturated rings. The maximum Gasteiger partial charge on any atom is 0.105 e. The predicted molar refractivity (Wildman–Crippen MR) is 81.6 cm³/mol. The van der Waals surface area contributed by atoms with Crippen molar-refractivity contribution in [2.24, 2.45) is 0 Å². The normalized spacial score (nSPS) is 28.7. The highest BCUT2D eigenvalue weighted by atomic mass is 31.2. The van der Waals surface area contributed by atoms with Crippen LogP contribution in [0.5, 0.6) is 0 Å². The summed E-state index contributed by atoms with van der Waals surface area (Å²) in [7, 11) is -2.49. The molecule has 4 heteroatoms. The van der Waals surface area contributed by atoms with E-state index in [1.165, 1.54) is 0 Å². The molecule has 3 atom stereocenters. The van der Waals surface area contributed by atoms with Crippen molar-refractivity contribution in [2.75, 3.05) is 6.16 Å². The molecule has 1 heterocycles. The molecule has 0 bridgehead atoms. The quantitative estimate of drug-likeness (QED) is 0.655. The lowest BCUT2D eigenvalue weighted by Crippen LogP contribution is -2.45. The molecule has 19 heavy (non-hydrogen) atoms. The highest BCUT2D eigenvalue weighted by molar-refractivity contribution is 7.65. The van der Waals surface area contributed by atoms with Gasteiger partial charge in [0.15, 0.2) is 0 Å². The second kappa shape index (κ2) is 6.44. The maximum absolute atomic E-state index is 12.6. The molecule has 1 aliphatic heterocycles. The Hall–Kier alpha value is -0.990. The van der Waals surface area contributed by atoms with Gasteiger partial charge in [-0.05, 0) is 25.5 Å². The van der Waals surface area contributed by atoms with Crippen molar-refractivity contribution in [1.29, 1.82) is 0 Å². The molecule has 1 aliphatic rings. The van der Waals surface area contributed by atoms with Crippen LogP contribution in [0, 0.1) is 0 Å². The van der Waals surface area contributed by atoms with Crippen LogP contribution in [0.3, 0.4) is 0 Å². The molecule has 102 valence electrons. The van der Waals surface area contributed by atoms with Crippen LogP contribution in [-0.2, 0) is 0 Å². The average molecular weight is 276 g/mol. The van der Waals surface area contributed by atoms with Gasteiger partial charge in [-0.15, -0.1) is 0 Å². The molecule has 0 amide bonds. The summed E-state index contributed by atoms with van der Waals surface area (Å²) < 4.78 is 0. The highest BCUT2D eigenvalue weighted by Crippen LogP contribution is 2.43. The monoisotopic (exact) mass is 276 g/mol. The molecular weight excluding hydrogens is 255 g/mol. The summed E-state index contributed by atoms with van der Waals surface area (Å²) in [6, 6.07) is 10.3. The van der Waals surface area contributed by atoms with Gasteiger partial charge in [0.2, 0.25) is 0 Å². The predicted octanol–water partition coefficient (Wildman–Crippen LogP) is 2.35. The Balaban J connectivity index is 1.92. The van der Waals surface area contributed by atoms with Crippen LogP contribution < -0.4 is 15.1 Å². The molecule has 0 aromatic heterocycles. The van der Waals surface area contributed by atoms with Crippen LogP contribution in [0.2, 0.25) is 0 Å². The third kappa shape index (κ3) is 4.55. The minimum absolute atomic E-state index is 0.0669. The molecule has 0 aliphatic carbocycles. The van der Waals surface area contributed by atoms with Crippen molar-refractivity contribution in [3.05, 3.63) is 54.1 Å². The van der Waals surface area contributed by atoms with Crippen LogP contribution in [0.4, 0.5) is 0 Å². The van der Waals surface area contributed by atoms with Gasteiger partial charge < -0.3 is 4.89 Å². The van der Waals surface area contributed by atoms with Crippen LogP contribution >= 0.6 is 7.79 Å². The van der Waals surface area contributed by atoms with E-state index in [-0.39, 0.29) is 12.1 Å². The first-order chi connectivity index (χ1) is 9.07. The Bertz CT molecular complexity index is 460. The number of hydrogen-bond acceptors (Lipinski definition) is 3. The Labute approximate surface area is 116 Å². The zero-order valence-corrected chi connectivity index (χ0v) is 12.3. The molecule has 3 nitrogen and oxygen atoms in total. The van der Waals surface area contributed by atoms with E-state index < -0.39 is 7.79 Å². The number of nitrogens with one attached hydrogen (secondary N) is 2. The number of allylic oxidation sites excluding steroid dienone is 1. The van der Waals surface area contributed by atoms with Gasteiger partial charge in [-0.3, -0.25) is 0 Å². The van der Waals surface area contributed by atoms with Gasteiger partial charge in [0.1, 0.15) is 14.0 Å². The maximum atomic E-state index is 12.6.